The molecular weight excluding hydrogens is 236 g/mol. The Balaban J connectivity index is 2.03. The highest BCUT2D eigenvalue weighted by Crippen LogP contribution is 2.37. The zero-order chi connectivity index (χ0) is 12.4. The second-order valence-electron chi connectivity index (χ2n) is 4.88. The largest absolute Gasteiger partial charge is 0.382 e. The number of methoxy groups -OCH3 is 1. The van der Waals surface area contributed by atoms with Crippen LogP contribution >= 0.6 is 12.6 Å². The van der Waals surface area contributed by atoms with Crippen molar-refractivity contribution < 1.29 is 14.2 Å². The van der Waals surface area contributed by atoms with Crippen LogP contribution in [0.4, 0.5) is 0 Å². The first kappa shape index (κ1) is 15.3. The molecule has 0 spiro atoms. The molecule has 0 N–H and O–H groups in total. The van der Waals surface area contributed by atoms with Gasteiger partial charge in [-0.1, -0.05) is 19.3 Å². The molecule has 0 unspecified atom stereocenters. The van der Waals surface area contributed by atoms with Crippen LogP contribution in [0.2, 0.25) is 0 Å². The Morgan fingerprint density at radius 2 is 1.59 bits per heavy atom. The number of thiol groups is 1. The van der Waals surface area contributed by atoms with Crippen LogP contribution in [-0.2, 0) is 14.2 Å². The van der Waals surface area contributed by atoms with Crippen molar-refractivity contribution in [1.29, 1.82) is 0 Å². The summed E-state index contributed by atoms with van der Waals surface area (Å²) in [5, 5.41) is 0. The summed E-state index contributed by atoms with van der Waals surface area (Å²) < 4.78 is 16.0. The lowest BCUT2D eigenvalue weighted by Gasteiger charge is -2.35. The van der Waals surface area contributed by atoms with Crippen LogP contribution in [0.3, 0.4) is 0 Å². The molecule has 0 bridgehead atoms. The van der Waals surface area contributed by atoms with Gasteiger partial charge in [0.2, 0.25) is 0 Å². The Morgan fingerprint density at radius 3 is 2.24 bits per heavy atom. The first-order valence-electron chi connectivity index (χ1n) is 6.58. The van der Waals surface area contributed by atoms with Gasteiger partial charge in [-0.15, -0.1) is 0 Å². The van der Waals surface area contributed by atoms with E-state index in [4.69, 9.17) is 14.2 Å². The van der Waals surface area contributed by atoms with Gasteiger partial charge in [0, 0.05) is 12.5 Å². The van der Waals surface area contributed by atoms with Gasteiger partial charge >= 0.3 is 0 Å². The van der Waals surface area contributed by atoms with E-state index in [-0.39, 0.29) is 0 Å². The molecule has 1 fully saturated rings. The first-order valence-corrected chi connectivity index (χ1v) is 7.21. The molecule has 1 saturated carbocycles. The van der Waals surface area contributed by atoms with Crippen molar-refractivity contribution >= 4 is 12.6 Å². The molecule has 0 atom stereocenters. The summed E-state index contributed by atoms with van der Waals surface area (Å²) in [7, 11) is 1.68. The summed E-state index contributed by atoms with van der Waals surface area (Å²) in [4.78, 5) is 0. The van der Waals surface area contributed by atoms with Gasteiger partial charge in [-0.05, 0) is 18.6 Å². The van der Waals surface area contributed by atoms with E-state index in [1.54, 1.807) is 7.11 Å². The van der Waals surface area contributed by atoms with E-state index in [2.05, 4.69) is 12.6 Å². The highest BCUT2D eigenvalue weighted by molar-refractivity contribution is 7.80. The van der Waals surface area contributed by atoms with Gasteiger partial charge < -0.3 is 14.2 Å². The van der Waals surface area contributed by atoms with Crippen molar-refractivity contribution in [1.82, 2.24) is 0 Å². The third kappa shape index (κ3) is 6.09. The van der Waals surface area contributed by atoms with Gasteiger partial charge in [-0.3, -0.25) is 0 Å². The van der Waals surface area contributed by atoms with Crippen molar-refractivity contribution in [2.45, 2.75) is 32.1 Å². The molecular formula is C13H26O3S. The predicted molar refractivity (Wildman–Crippen MR) is 72.9 cm³/mol. The molecule has 1 aliphatic rings. The minimum atomic E-state index is 0.327. The van der Waals surface area contributed by atoms with Crippen molar-refractivity contribution in [2.24, 2.45) is 5.41 Å². The van der Waals surface area contributed by atoms with Crippen LogP contribution < -0.4 is 0 Å². The Labute approximate surface area is 111 Å². The minimum Gasteiger partial charge on any atom is -0.382 e. The topological polar surface area (TPSA) is 27.7 Å². The molecule has 0 heterocycles. The van der Waals surface area contributed by atoms with E-state index in [0.717, 1.165) is 12.4 Å². The first-order chi connectivity index (χ1) is 8.33. The molecule has 0 aromatic rings. The molecule has 0 radical (unpaired) electrons. The predicted octanol–water partition coefficient (Wildman–Crippen LogP) is 2.55. The van der Waals surface area contributed by atoms with Gasteiger partial charge in [0.25, 0.3) is 0 Å². The maximum absolute atomic E-state index is 5.73. The van der Waals surface area contributed by atoms with Crippen molar-refractivity contribution in [2.75, 3.05) is 45.9 Å². The van der Waals surface area contributed by atoms with E-state index < -0.39 is 0 Å². The van der Waals surface area contributed by atoms with Gasteiger partial charge in [0.1, 0.15) is 0 Å². The minimum absolute atomic E-state index is 0.327. The Bertz CT molecular complexity index is 182. The number of hydrogen-bond acceptors (Lipinski definition) is 4. The Hall–Kier alpha value is 0.230. The fourth-order valence-electron chi connectivity index (χ4n) is 2.30. The van der Waals surface area contributed by atoms with E-state index in [0.29, 0.717) is 31.8 Å². The van der Waals surface area contributed by atoms with Gasteiger partial charge in [0.15, 0.2) is 0 Å². The molecule has 0 saturated heterocycles. The molecule has 17 heavy (non-hydrogen) atoms. The molecule has 0 aromatic heterocycles. The summed E-state index contributed by atoms with van der Waals surface area (Å²) in [6.07, 6.45) is 6.56. The standard InChI is InChI=1S/C13H26O3S/c1-14-7-8-15-9-10-16-11-13(12-17)5-3-2-4-6-13/h17H,2-12H2,1H3. The summed E-state index contributed by atoms with van der Waals surface area (Å²) in [6.45, 7) is 3.48. The molecule has 3 nitrogen and oxygen atoms in total. The third-order valence-electron chi connectivity index (χ3n) is 3.46. The summed E-state index contributed by atoms with van der Waals surface area (Å²) in [5.74, 6) is 0.942. The number of rotatable bonds is 9. The molecule has 4 heteroatoms. The number of hydrogen-bond donors (Lipinski definition) is 1. The summed E-state index contributed by atoms with van der Waals surface area (Å²) in [6, 6.07) is 0. The lowest BCUT2D eigenvalue weighted by molar-refractivity contribution is -0.00907. The molecule has 1 aliphatic carbocycles. The van der Waals surface area contributed by atoms with Gasteiger partial charge in [-0.2, -0.15) is 12.6 Å². The SMILES string of the molecule is COCCOCCOCC1(CS)CCCCC1. The molecule has 102 valence electrons. The maximum atomic E-state index is 5.73. The highest BCUT2D eigenvalue weighted by atomic mass is 32.1. The van der Waals surface area contributed by atoms with Crippen LogP contribution in [0, 0.1) is 5.41 Å². The summed E-state index contributed by atoms with van der Waals surface area (Å²) in [5.41, 5.74) is 0.327. The second-order valence-corrected chi connectivity index (χ2v) is 5.19. The van der Waals surface area contributed by atoms with Gasteiger partial charge in [-0.25, -0.2) is 0 Å². The van der Waals surface area contributed by atoms with Crippen LogP contribution in [0.5, 0.6) is 0 Å². The van der Waals surface area contributed by atoms with E-state index in [1.807, 2.05) is 0 Å². The number of ether oxygens (including phenoxy) is 3. The smallest absolute Gasteiger partial charge is 0.0701 e. The Morgan fingerprint density at radius 1 is 0.941 bits per heavy atom. The molecule has 1 rings (SSSR count). The Kier molecular flexibility index (Phi) is 8.27. The zero-order valence-corrected chi connectivity index (χ0v) is 11.8. The fourth-order valence-corrected chi connectivity index (χ4v) is 2.71. The van der Waals surface area contributed by atoms with E-state index in [1.165, 1.54) is 32.1 Å². The molecule has 0 aromatic carbocycles. The maximum Gasteiger partial charge on any atom is 0.0701 e. The summed E-state index contributed by atoms with van der Waals surface area (Å²) >= 11 is 4.49. The van der Waals surface area contributed by atoms with Crippen LogP contribution in [0.15, 0.2) is 0 Å². The molecule has 0 aliphatic heterocycles. The highest BCUT2D eigenvalue weighted by Gasteiger charge is 2.30. The third-order valence-corrected chi connectivity index (χ3v) is 4.13. The monoisotopic (exact) mass is 262 g/mol. The molecule has 0 amide bonds. The fraction of sp³-hybridized carbons (Fsp3) is 1.00. The van der Waals surface area contributed by atoms with Crippen LogP contribution in [-0.4, -0.2) is 45.9 Å². The van der Waals surface area contributed by atoms with Crippen molar-refractivity contribution in [3.05, 3.63) is 0 Å². The average Bonchev–Trinajstić information content (AvgIpc) is 2.39. The zero-order valence-electron chi connectivity index (χ0n) is 11.0. The van der Waals surface area contributed by atoms with Gasteiger partial charge in [0.05, 0.1) is 33.0 Å². The average molecular weight is 262 g/mol. The van der Waals surface area contributed by atoms with E-state index in [9.17, 15) is 0 Å². The van der Waals surface area contributed by atoms with E-state index >= 15 is 0 Å². The van der Waals surface area contributed by atoms with Crippen molar-refractivity contribution in [3.63, 3.8) is 0 Å². The lowest BCUT2D eigenvalue weighted by atomic mass is 9.76. The quantitative estimate of drug-likeness (QED) is 0.511. The van der Waals surface area contributed by atoms with Crippen LogP contribution in [0.25, 0.3) is 0 Å². The lowest BCUT2D eigenvalue weighted by Crippen LogP contribution is -2.32. The normalized spacial score (nSPS) is 19.4. The van der Waals surface area contributed by atoms with Crippen molar-refractivity contribution in [3.8, 4) is 0 Å². The second kappa shape index (κ2) is 9.20. The van der Waals surface area contributed by atoms with Crippen LogP contribution in [0.1, 0.15) is 32.1 Å².